The lowest BCUT2D eigenvalue weighted by Gasteiger charge is -2.36. The summed E-state index contributed by atoms with van der Waals surface area (Å²) in [4.78, 5) is 23.1. The summed E-state index contributed by atoms with van der Waals surface area (Å²) in [6.45, 7) is 13.3. The maximum Gasteiger partial charge on any atom is 0.411 e. The molecule has 0 saturated heterocycles. The van der Waals surface area contributed by atoms with Gasteiger partial charge < -0.3 is 14.5 Å². The van der Waals surface area contributed by atoms with E-state index in [-0.39, 0.29) is 17.6 Å². The number of carbonyl (C=O) groups is 2. The molecule has 0 unspecified atom stereocenters. The molecule has 162 valence electrons. The van der Waals surface area contributed by atoms with Gasteiger partial charge in [0.05, 0.1) is 6.61 Å². The molecule has 0 aliphatic carbocycles. The van der Waals surface area contributed by atoms with Crippen LogP contribution in [0.1, 0.15) is 38.8 Å². The van der Waals surface area contributed by atoms with Crippen molar-refractivity contribution in [1.29, 1.82) is 0 Å². The minimum atomic E-state index is -1.79. The van der Waals surface area contributed by atoms with Crippen molar-refractivity contribution >= 4 is 31.7 Å². The molecule has 7 heteroatoms. The number of ether oxygens (including phenoxy) is 1. The number of amides is 2. The Hall–Kier alpha value is -2.64. The van der Waals surface area contributed by atoms with E-state index in [9.17, 15) is 9.59 Å². The summed E-state index contributed by atoms with van der Waals surface area (Å²) in [5.41, 5.74) is 3.26. The van der Waals surface area contributed by atoms with E-state index in [2.05, 4.69) is 44.5 Å². The van der Waals surface area contributed by atoms with Gasteiger partial charge >= 0.3 is 6.09 Å². The van der Waals surface area contributed by atoms with E-state index in [1.54, 1.807) is 24.3 Å². The molecule has 0 aromatic heterocycles. The summed E-state index contributed by atoms with van der Waals surface area (Å²) in [7, 11) is -1.79. The number of carbonyl (C=O) groups excluding carboxylic acids is 2. The van der Waals surface area contributed by atoms with Gasteiger partial charge in [-0.3, -0.25) is 10.1 Å². The molecule has 2 aromatic rings. The van der Waals surface area contributed by atoms with Gasteiger partial charge in [-0.25, -0.2) is 4.79 Å². The fourth-order valence-corrected chi connectivity index (χ4v) is 3.32. The summed E-state index contributed by atoms with van der Waals surface area (Å²) in [5, 5.41) is 5.58. The molecule has 0 spiro atoms. The number of benzene rings is 2. The maximum atomic E-state index is 12.0. The first-order valence-corrected chi connectivity index (χ1v) is 12.9. The van der Waals surface area contributed by atoms with Crippen LogP contribution in [0.3, 0.4) is 0 Å². The van der Waals surface area contributed by atoms with Gasteiger partial charge in [0, 0.05) is 18.3 Å². The van der Waals surface area contributed by atoms with Crippen LogP contribution in [0.5, 0.6) is 0 Å². The average molecular weight is 429 g/mol. The van der Waals surface area contributed by atoms with Crippen molar-refractivity contribution in [2.24, 2.45) is 0 Å². The van der Waals surface area contributed by atoms with Crippen LogP contribution < -0.4 is 10.6 Å². The smallest absolute Gasteiger partial charge is 0.411 e. The monoisotopic (exact) mass is 428 g/mol. The Morgan fingerprint density at radius 1 is 0.833 bits per heavy atom. The molecule has 30 heavy (non-hydrogen) atoms. The Kier molecular flexibility index (Phi) is 7.81. The quantitative estimate of drug-likeness (QED) is 0.537. The number of nitrogens with one attached hydrogen (secondary N) is 2. The molecule has 0 bridgehead atoms. The van der Waals surface area contributed by atoms with E-state index in [1.807, 2.05) is 24.3 Å². The molecule has 6 nitrogen and oxygen atoms in total. The summed E-state index contributed by atoms with van der Waals surface area (Å²) < 4.78 is 11.5. The van der Waals surface area contributed by atoms with Crippen LogP contribution in [0.15, 0.2) is 48.5 Å². The van der Waals surface area contributed by atoms with Gasteiger partial charge in [-0.2, -0.15) is 0 Å². The van der Waals surface area contributed by atoms with Crippen molar-refractivity contribution in [1.82, 2.24) is 0 Å². The summed E-state index contributed by atoms with van der Waals surface area (Å²) in [5.74, 6) is -0.129. The third-order valence-electron chi connectivity index (χ3n) is 5.25. The van der Waals surface area contributed by atoms with Crippen molar-refractivity contribution in [3.63, 3.8) is 0 Å². The van der Waals surface area contributed by atoms with E-state index in [4.69, 9.17) is 9.16 Å². The number of anilines is 2. The Bertz CT molecular complexity index is 856. The molecule has 0 aliphatic heterocycles. The minimum absolute atomic E-state index is 0.129. The average Bonchev–Trinajstić information content (AvgIpc) is 2.65. The highest BCUT2D eigenvalue weighted by Gasteiger charge is 2.36. The summed E-state index contributed by atoms with van der Waals surface area (Å²) in [6, 6.07) is 14.7. The Morgan fingerprint density at radius 3 is 1.77 bits per heavy atom. The van der Waals surface area contributed by atoms with Crippen LogP contribution in [0.2, 0.25) is 18.1 Å². The van der Waals surface area contributed by atoms with Gasteiger partial charge in [-0.15, -0.1) is 0 Å². The topological polar surface area (TPSA) is 76.7 Å². The predicted molar refractivity (Wildman–Crippen MR) is 123 cm³/mol. The Morgan fingerprint density at radius 2 is 1.30 bits per heavy atom. The highest BCUT2D eigenvalue weighted by Crippen LogP contribution is 2.37. The SMILES string of the molecule is CC(=O)Nc1ccc(COC(=O)Nc2ccc(CO[Si](C)(C)C(C)(C)C)cc2)cc1. The second-order valence-electron chi connectivity index (χ2n) is 8.83. The third kappa shape index (κ3) is 7.31. The number of rotatable bonds is 7. The van der Waals surface area contributed by atoms with Crippen molar-refractivity contribution < 1.29 is 18.8 Å². The zero-order chi connectivity index (χ0) is 22.4. The Balaban J connectivity index is 1.81. The van der Waals surface area contributed by atoms with Crippen LogP contribution in [0.4, 0.5) is 16.2 Å². The van der Waals surface area contributed by atoms with Crippen molar-refractivity contribution in [3.05, 3.63) is 59.7 Å². The van der Waals surface area contributed by atoms with E-state index in [0.717, 1.165) is 11.1 Å². The normalized spacial score (nSPS) is 11.7. The second-order valence-corrected chi connectivity index (χ2v) is 13.6. The van der Waals surface area contributed by atoms with Crippen molar-refractivity contribution in [2.75, 3.05) is 10.6 Å². The third-order valence-corrected chi connectivity index (χ3v) is 9.73. The largest absolute Gasteiger partial charge is 0.444 e. The van der Waals surface area contributed by atoms with E-state index in [1.165, 1.54) is 6.92 Å². The Labute approximate surface area is 180 Å². The number of hydrogen-bond donors (Lipinski definition) is 2. The lowest BCUT2D eigenvalue weighted by atomic mass is 10.2. The molecular formula is C23H32N2O4Si. The van der Waals surface area contributed by atoms with Crippen LogP contribution in [0, 0.1) is 0 Å². The molecule has 0 atom stereocenters. The van der Waals surface area contributed by atoms with Gasteiger partial charge in [0.1, 0.15) is 6.61 Å². The van der Waals surface area contributed by atoms with Crippen LogP contribution in [-0.4, -0.2) is 20.3 Å². The molecule has 0 heterocycles. The molecule has 0 radical (unpaired) electrons. The van der Waals surface area contributed by atoms with Gasteiger partial charge in [-0.05, 0) is 53.5 Å². The van der Waals surface area contributed by atoms with Gasteiger partial charge in [0.2, 0.25) is 5.91 Å². The van der Waals surface area contributed by atoms with Crippen LogP contribution in [0.25, 0.3) is 0 Å². The summed E-state index contributed by atoms with van der Waals surface area (Å²) >= 11 is 0. The molecular weight excluding hydrogens is 396 g/mol. The molecule has 0 fully saturated rings. The lowest BCUT2D eigenvalue weighted by molar-refractivity contribution is -0.114. The first-order chi connectivity index (χ1) is 14.0. The number of hydrogen-bond acceptors (Lipinski definition) is 4. The molecule has 2 N–H and O–H groups in total. The van der Waals surface area contributed by atoms with Crippen molar-refractivity contribution in [2.45, 2.75) is 59.0 Å². The maximum absolute atomic E-state index is 12.0. The zero-order valence-electron chi connectivity index (χ0n) is 18.7. The molecule has 2 rings (SSSR count). The van der Waals surface area contributed by atoms with Crippen molar-refractivity contribution in [3.8, 4) is 0 Å². The van der Waals surface area contributed by atoms with E-state index < -0.39 is 14.4 Å². The lowest BCUT2D eigenvalue weighted by Crippen LogP contribution is -2.40. The molecule has 0 saturated carbocycles. The zero-order valence-corrected chi connectivity index (χ0v) is 19.7. The summed E-state index contributed by atoms with van der Waals surface area (Å²) in [6.07, 6.45) is -0.522. The van der Waals surface area contributed by atoms with Gasteiger partial charge in [-0.1, -0.05) is 45.0 Å². The molecule has 0 aliphatic rings. The highest BCUT2D eigenvalue weighted by molar-refractivity contribution is 6.74. The molecule has 2 aromatic carbocycles. The fraction of sp³-hybridized carbons (Fsp3) is 0.391. The van der Waals surface area contributed by atoms with E-state index >= 15 is 0 Å². The first-order valence-electron chi connectivity index (χ1n) is 9.99. The van der Waals surface area contributed by atoms with E-state index in [0.29, 0.717) is 18.0 Å². The van der Waals surface area contributed by atoms with Gasteiger partial charge in [0.25, 0.3) is 0 Å². The first kappa shape index (κ1) is 23.6. The predicted octanol–water partition coefficient (Wildman–Crippen LogP) is 5.92. The molecule has 2 amide bonds. The highest BCUT2D eigenvalue weighted by atomic mass is 28.4. The van der Waals surface area contributed by atoms with Crippen LogP contribution >= 0.6 is 0 Å². The minimum Gasteiger partial charge on any atom is -0.444 e. The van der Waals surface area contributed by atoms with Gasteiger partial charge in [0.15, 0.2) is 8.32 Å². The van der Waals surface area contributed by atoms with Crippen LogP contribution in [-0.2, 0) is 27.2 Å². The standard InChI is InChI=1S/C23H32N2O4Si/c1-17(26)24-20-11-7-18(8-12-20)15-28-22(27)25-21-13-9-19(10-14-21)16-29-30(5,6)23(2,3)4/h7-14H,15-16H2,1-6H3,(H,24,26)(H,25,27). The second kappa shape index (κ2) is 9.91. The fourth-order valence-electron chi connectivity index (χ4n) is 2.35.